The van der Waals surface area contributed by atoms with Crippen molar-refractivity contribution in [3.8, 4) is 0 Å². The average molecular weight is 267 g/mol. The highest BCUT2D eigenvalue weighted by molar-refractivity contribution is 6.05. The van der Waals surface area contributed by atoms with Crippen molar-refractivity contribution in [3.63, 3.8) is 0 Å². The van der Waals surface area contributed by atoms with Crippen molar-refractivity contribution < 1.29 is 4.79 Å². The van der Waals surface area contributed by atoms with E-state index in [1.165, 1.54) is 5.56 Å². The largest absolute Gasteiger partial charge is 0.322 e. The second-order valence-electron chi connectivity index (χ2n) is 5.01. The molecule has 1 aliphatic rings. The fourth-order valence-corrected chi connectivity index (χ4v) is 2.55. The van der Waals surface area contributed by atoms with Crippen LogP contribution in [0, 0.1) is 6.92 Å². The summed E-state index contributed by atoms with van der Waals surface area (Å²) in [6.45, 7) is 3.70. The lowest BCUT2D eigenvalue weighted by molar-refractivity contribution is 0.102. The molecular formula is C16H17N3O. The molecule has 0 aliphatic carbocycles. The lowest BCUT2D eigenvalue weighted by Gasteiger charge is -2.20. The Labute approximate surface area is 118 Å². The van der Waals surface area contributed by atoms with Crippen molar-refractivity contribution in [2.24, 2.45) is 0 Å². The number of benzene rings is 1. The van der Waals surface area contributed by atoms with Crippen LogP contribution >= 0.6 is 0 Å². The van der Waals surface area contributed by atoms with Gasteiger partial charge >= 0.3 is 0 Å². The number of hydrogen-bond acceptors (Lipinski definition) is 3. The normalized spacial score (nSPS) is 13.7. The van der Waals surface area contributed by atoms with E-state index in [4.69, 9.17) is 0 Å². The number of rotatable bonds is 2. The van der Waals surface area contributed by atoms with Crippen LogP contribution in [-0.4, -0.2) is 17.4 Å². The van der Waals surface area contributed by atoms with E-state index in [9.17, 15) is 4.79 Å². The van der Waals surface area contributed by atoms with Gasteiger partial charge in [-0.3, -0.25) is 9.78 Å². The van der Waals surface area contributed by atoms with Crippen LogP contribution in [0.4, 0.5) is 5.69 Å². The third-order valence-electron chi connectivity index (χ3n) is 3.65. The van der Waals surface area contributed by atoms with E-state index in [1.807, 2.05) is 25.1 Å². The standard InChI is InChI=1S/C16H17N3O/c1-11-9-17-8-6-15(11)19-16(20)14-4-2-3-12-10-18-7-5-13(12)14/h2-4,6,8-9,18H,5,7,10H2,1H3,(H,17,19,20). The highest BCUT2D eigenvalue weighted by Gasteiger charge is 2.17. The van der Waals surface area contributed by atoms with E-state index in [0.717, 1.165) is 41.9 Å². The van der Waals surface area contributed by atoms with Crippen molar-refractivity contribution in [1.82, 2.24) is 10.3 Å². The number of fused-ring (bicyclic) bond motifs is 1. The first-order chi connectivity index (χ1) is 9.75. The Morgan fingerprint density at radius 3 is 3.10 bits per heavy atom. The molecule has 0 spiro atoms. The Morgan fingerprint density at radius 1 is 1.35 bits per heavy atom. The molecule has 0 radical (unpaired) electrons. The quantitative estimate of drug-likeness (QED) is 0.877. The Balaban J connectivity index is 1.90. The number of anilines is 1. The van der Waals surface area contributed by atoms with Crippen molar-refractivity contribution >= 4 is 11.6 Å². The van der Waals surface area contributed by atoms with E-state index in [0.29, 0.717) is 0 Å². The molecule has 3 rings (SSSR count). The molecule has 2 aromatic rings. The number of nitrogens with zero attached hydrogens (tertiary/aromatic N) is 1. The Hall–Kier alpha value is -2.20. The summed E-state index contributed by atoms with van der Waals surface area (Å²) in [5.74, 6) is -0.0435. The highest BCUT2D eigenvalue weighted by atomic mass is 16.1. The van der Waals surface area contributed by atoms with Gasteiger partial charge in [0.2, 0.25) is 0 Å². The summed E-state index contributed by atoms with van der Waals surface area (Å²) in [5, 5.41) is 6.30. The molecule has 1 aromatic heterocycles. The molecule has 1 aliphatic heterocycles. The zero-order valence-corrected chi connectivity index (χ0v) is 11.4. The summed E-state index contributed by atoms with van der Waals surface area (Å²) in [6, 6.07) is 7.75. The SMILES string of the molecule is Cc1cnccc1NC(=O)c1cccc2c1CCNC2. The van der Waals surface area contributed by atoms with Gasteiger partial charge in [-0.1, -0.05) is 12.1 Å². The van der Waals surface area contributed by atoms with Crippen LogP contribution in [0.3, 0.4) is 0 Å². The number of carbonyl (C=O) groups excluding carboxylic acids is 1. The minimum atomic E-state index is -0.0435. The van der Waals surface area contributed by atoms with Crippen molar-refractivity contribution in [1.29, 1.82) is 0 Å². The summed E-state index contributed by atoms with van der Waals surface area (Å²) in [5.41, 5.74) is 4.94. The van der Waals surface area contributed by atoms with Crippen LogP contribution < -0.4 is 10.6 Å². The van der Waals surface area contributed by atoms with Crippen LogP contribution in [0.25, 0.3) is 0 Å². The van der Waals surface area contributed by atoms with E-state index in [2.05, 4.69) is 21.7 Å². The minimum absolute atomic E-state index is 0.0435. The number of nitrogens with one attached hydrogen (secondary N) is 2. The Kier molecular flexibility index (Phi) is 3.48. The molecule has 0 saturated carbocycles. The average Bonchev–Trinajstić information content (AvgIpc) is 2.49. The molecule has 1 amide bonds. The molecule has 1 aromatic carbocycles. The topological polar surface area (TPSA) is 54.0 Å². The van der Waals surface area contributed by atoms with Gasteiger partial charge in [0.05, 0.1) is 0 Å². The molecule has 0 fully saturated rings. The third-order valence-corrected chi connectivity index (χ3v) is 3.65. The van der Waals surface area contributed by atoms with Gasteiger partial charge in [0.25, 0.3) is 5.91 Å². The van der Waals surface area contributed by atoms with Gasteiger partial charge in [-0.05, 0) is 48.7 Å². The maximum absolute atomic E-state index is 12.5. The number of pyridine rings is 1. The third kappa shape index (κ3) is 2.42. The molecule has 2 N–H and O–H groups in total. The summed E-state index contributed by atoms with van der Waals surface area (Å²) < 4.78 is 0. The second kappa shape index (κ2) is 5.43. The lowest BCUT2D eigenvalue weighted by atomic mass is 9.95. The lowest BCUT2D eigenvalue weighted by Crippen LogP contribution is -2.26. The fourth-order valence-electron chi connectivity index (χ4n) is 2.55. The molecule has 102 valence electrons. The van der Waals surface area contributed by atoms with E-state index in [1.54, 1.807) is 12.4 Å². The maximum Gasteiger partial charge on any atom is 0.255 e. The smallest absolute Gasteiger partial charge is 0.255 e. The van der Waals surface area contributed by atoms with Crippen LogP contribution in [-0.2, 0) is 13.0 Å². The molecule has 20 heavy (non-hydrogen) atoms. The Bertz CT molecular complexity index is 652. The van der Waals surface area contributed by atoms with Gasteiger partial charge in [0, 0.05) is 30.2 Å². The number of aromatic nitrogens is 1. The van der Waals surface area contributed by atoms with Gasteiger partial charge in [0.15, 0.2) is 0 Å². The molecule has 0 saturated heterocycles. The van der Waals surface area contributed by atoms with Gasteiger partial charge < -0.3 is 10.6 Å². The summed E-state index contributed by atoms with van der Waals surface area (Å²) in [7, 11) is 0. The predicted molar refractivity (Wildman–Crippen MR) is 78.8 cm³/mol. The predicted octanol–water partition coefficient (Wildman–Crippen LogP) is 2.29. The van der Waals surface area contributed by atoms with E-state index >= 15 is 0 Å². The second-order valence-corrected chi connectivity index (χ2v) is 5.01. The maximum atomic E-state index is 12.5. The molecule has 0 atom stereocenters. The van der Waals surface area contributed by atoms with Gasteiger partial charge in [-0.15, -0.1) is 0 Å². The van der Waals surface area contributed by atoms with E-state index in [-0.39, 0.29) is 5.91 Å². The number of aryl methyl sites for hydroxylation is 1. The summed E-state index contributed by atoms with van der Waals surface area (Å²) in [4.78, 5) is 16.5. The number of amides is 1. The van der Waals surface area contributed by atoms with Crippen LogP contribution in [0.15, 0.2) is 36.7 Å². The van der Waals surface area contributed by atoms with Crippen LogP contribution in [0.2, 0.25) is 0 Å². The minimum Gasteiger partial charge on any atom is -0.322 e. The van der Waals surface area contributed by atoms with Gasteiger partial charge in [-0.2, -0.15) is 0 Å². The molecule has 0 bridgehead atoms. The van der Waals surface area contributed by atoms with Gasteiger partial charge in [0.1, 0.15) is 0 Å². The Morgan fingerprint density at radius 2 is 2.25 bits per heavy atom. The van der Waals surface area contributed by atoms with Crippen molar-refractivity contribution in [2.75, 3.05) is 11.9 Å². The summed E-state index contributed by atoms with van der Waals surface area (Å²) >= 11 is 0. The molecule has 2 heterocycles. The van der Waals surface area contributed by atoms with Crippen LogP contribution in [0.5, 0.6) is 0 Å². The zero-order chi connectivity index (χ0) is 13.9. The monoisotopic (exact) mass is 267 g/mol. The summed E-state index contributed by atoms with van der Waals surface area (Å²) in [6.07, 6.45) is 4.33. The van der Waals surface area contributed by atoms with Crippen molar-refractivity contribution in [2.45, 2.75) is 19.9 Å². The first-order valence-corrected chi connectivity index (χ1v) is 6.79. The number of hydrogen-bond donors (Lipinski definition) is 2. The first-order valence-electron chi connectivity index (χ1n) is 6.79. The van der Waals surface area contributed by atoms with Gasteiger partial charge in [-0.25, -0.2) is 0 Å². The van der Waals surface area contributed by atoms with Crippen LogP contribution in [0.1, 0.15) is 27.0 Å². The molecule has 4 nitrogen and oxygen atoms in total. The fraction of sp³-hybridized carbons (Fsp3) is 0.250. The van der Waals surface area contributed by atoms with Crippen molar-refractivity contribution in [3.05, 3.63) is 58.9 Å². The van der Waals surface area contributed by atoms with E-state index < -0.39 is 0 Å². The first kappa shape index (κ1) is 12.8. The molecule has 4 heteroatoms. The molecule has 0 unspecified atom stereocenters. The highest BCUT2D eigenvalue weighted by Crippen LogP contribution is 2.20. The molecular weight excluding hydrogens is 250 g/mol. The zero-order valence-electron chi connectivity index (χ0n) is 11.4. The number of carbonyl (C=O) groups is 1.